The number of rotatable bonds is 7. The van der Waals surface area contributed by atoms with Crippen LogP contribution in [-0.4, -0.2) is 6.61 Å². The van der Waals surface area contributed by atoms with Gasteiger partial charge in [-0.05, 0) is 49.4 Å². The summed E-state index contributed by atoms with van der Waals surface area (Å²) in [5, 5.41) is 9.52. The van der Waals surface area contributed by atoms with E-state index in [1.165, 1.54) is 5.56 Å². The third-order valence-corrected chi connectivity index (χ3v) is 4.08. The van der Waals surface area contributed by atoms with Crippen LogP contribution in [0.25, 0.3) is 0 Å². The molecule has 0 N–H and O–H groups in total. The Labute approximate surface area is 133 Å². The summed E-state index contributed by atoms with van der Waals surface area (Å²) in [7, 11) is 0. The lowest BCUT2D eigenvalue weighted by Crippen LogP contribution is -2.20. The van der Waals surface area contributed by atoms with E-state index in [1.54, 1.807) is 0 Å². The van der Waals surface area contributed by atoms with E-state index in [-0.39, 0.29) is 0 Å². The van der Waals surface area contributed by atoms with Gasteiger partial charge in [-0.15, -0.1) is 0 Å². The minimum atomic E-state index is -0.448. The molecule has 0 fully saturated rings. The average Bonchev–Trinajstić information content (AvgIpc) is 2.60. The van der Waals surface area contributed by atoms with E-state index < -0.39 is 5.41 Å². The highest BCUT2D eigenvalue weighted by Crippen LogP contribution is 2.28. The first-order valence-electron chi connectivity index (χ1n) is 7.86. The predicted molar refractivity (Wildman–Crippen MR) is 90.0 cm³/mol. The number of nitriles is 1. The predicted octanol–water partition coefficient (Wildman–Crippen LogP) is 4.89. The van der Waals surface area contributed by atoms with Gasteiger partial charge in [0.1, 0.15) is 5.75 Å². The first-order valence-corrected chi connectivity index (χ1v) is 7.86. The van der Waals surface area contributed by atoms with Crippen LogP contribution in [0.1, 0.15) is 37.8 Å². The fraction of sp³-hybridized carbons (Fsp3) is 0.350. The molecule has 0 heterocycles. The molecule has 1 unspecified atom stereocenters. The van der Waals surface area contributed by atoms with Crippen LogP contribution in [-0.2, 0) is 11.8 Å². The van der Waals surface area contributed by atoms with Gasteiger partial charge in [0.2, 0.25) is 0 Å². The maximum Gasteiger partial charge on any atom is 0.119 e. The van der Waals surface area contributed by atoms with E-state index in [0.29, 0.717) is 6.61 Å². The van der Waals surface area contributed by atoms with Crippen LogP contribution in [0.4, 0.5) is 0 Å². The van der Waals surface area contributed by atoms with Crippen LogP contribution in [0.15, 0.2) is 54.6 Å². The van der Waals surface area contributed by atoms with Gasteiger partial charge in [-0.1, -0.05) is 49.4 Å². The third kappa shape index (κ3) is 4.11. The Morgan fingerprint density at radius 2 is 1.73 bits per heavy atom. The summed E-state index contributed by atoms with van der Waals surface area (Å²) < 4.78 is 5.77. The quantitative estimate of drug-likeness (QED) is 0.681. The summed E-state index contributed by atoms with van der Waals surface area (Å²) in [6, 6.07) is 20.7. The molecule has 0 aliphatic heterocycles. The molecular weight excluding hydrogens is 270 g/mol. The van der Waals surface area contributed by atoms with E-state index in [0.717, 1.165) is 30.6 Å². The van der Waals surface area contributed by atoms with Crippen molar-refractivity contribution in [2.24, 2.45) is 0 Å². The van der Waals surface area contributed by atoms with Gasteiger partial charge < -0.3 is 4.74 Å². The number of benzene rings is 2. The van der Waals surface area contributed by atoms with Crippen molar-refractivity contribution in [3.8, 4) is 11.8 Å². The molecule has 0 saturated carbocycles. The number of ether oxygens (including phenoxy) is 1. The molecule has 114 valence electrons. The van der Waals surface area contributed by atoms with Crippen molar-refractivity contribution in [1.82, 2.24) is 0 Å². The van der Waals surface area contributed by atoms with Gasteiger partial charge in [0, 0.05) is 0 Å². The molecule has 0 amide bonds. The minimum Gasteiger partial charge on any atom is -0.494 e. The molecule has 2 heteroatoms. The molecule has 0 aliphatic carbocycles. The normalized spacial score (nSPS) is 13.1. The Hall–Kier alpha value is -2.27. The maximum atomic E-state index is 9.52. The van der Waals surface area contributed by atoms with Crippen molar-refractivity contribution in [3.63, 3.8) is 0 Å². The smallest absolute Gasteiger partial charge is 0.119 e. The summed E-state index contributed by atoms with van der Waals surface area (Å²) in [5.41, 5.74) is 1.94. The van der Waals surface area contributed by atoms with E-state index in [1.807, 2.05) is 49.4 Å². The van der Waals surface area contributed by atoms with E-state index in [2.05, 4.69) is 25.1 Å². The zero-order valence-corrected chi connectivity index (χ0v) is 13.4. The number of nitrogens with zero attached hydrogens (tertiary/aromatic N) is 1. The molecule has 0 bridgehead atoms. The second-order valence-electron chi connectivity index (χ2n) is 5.76. The van der Waals surface area contributed by atoms with Gasteiger partial charge >= 0.3 is 0 Å². The summed E-state index contributed by atoms with van der Waals surface area (Å²) in [5.74, 6) is 0.899. The Bertz CT molecular complexity index is 612. The van der Waals surface area contributed by atoms with Crippen LogP contribution in [0.2, 0.25) is 0 Å². The largest absolute Gasteiger partial charge is 0.494 e. The molecule has 22 heavy (non-hydrogen) atoms. The molecular formula is C20H23NO. The molecule has 0 radical (unpaired) electrons. The van der Waals surface area contributed by atoms with Crippen LogP contribution < -0.4 is 4.74 Å². The second-order valence-corrected chi connectivity index (χ2v) is 5.76. The van der Waals surface area contributed by atoms with Crippen LogP contribution in [0, 0.1) is 11.3 Å². The van der Waals surface area contributed by atoms with Gasteiger partial charge in [0.05, 0.1) is 18.1 Å². The highest BCUT2D eigenvalue weighted by molar-refractivity contribution is 5.31. The lowest BCUT2D eigenvalue weighted by atomic mass is 9.80. The minimum absolute atomic E-state index is 0.448. The topological polar surface area (TPSA) is 33.0 Å². The van der Waals surface area contributed by atoms with Crippen LogP contribution in [0.5, 0.6) is 5.75 Å². The Morgan fingerprint density at radius 1 is 1.05 bits per heavy atom. The molecule has 1 atom stereocenters. The molecule has 2 aromatic carbocycles. The van der Waals surface area contributed by atoms with Gasteiger partial charge in [-0.3, -0.25) is 0 Å². The monoisotopic (exact) mass is 293 g/mol. The summed E-state index contributed by atoms with van der Waals surface area (Å²) >= 11 is 0. The Balaban J connectivity index is 1.85. The molecule has 0 spiro atoms. The highest BCUT2D eigenvalue weighted by atomic mass is 16.5. The SMILES string of the molecule is CCc1ccc(OCCCC(C)(C#N)c2ccccc2)cc1. The van der Waals surface area contributed by atoms with Crippen molar-refractivity contribution in [3.05, 3.63) is 65.7 Å². The highest BCUT2D eigenvalue weighted by Gasteiger charge is 2.25. The zero-order valence-electron chi connectivity index (χ0n) is 13.4. The molecule has 2 rings (SSSR count). The van der Waals surface area contributed by atoms with Gasteiger partial charge in [-0.2, -0.15) is 5.26 Å². The van der Waals surface area contributed by atoms with Crippen molar-refractivity contribution in [1.29, 1.82) is 5.26 Å². The summed E-state index contributed by atoms with van der Waals surface area (Å²) in [4.78, 5) is 0. The number of hydrogen-bond acceptors (Lipinski definition) is 2. The fourth-order valence-corrected chi connectivity index (χ4v) is 2.51. The van der Waals surface area contributed by atoms with Crippen molar-refractivity contribution in [2.75, 3.05) is 6.61 Å². The Kier molecular flexibility index (Phi) is 5.61. The van der Waals surface area contributed by atoms with Gasteiger partial charge in [0.25, 0.3) is 0 Å². The second kappa shape index (κ2) is 7.66. The number of hydrogen-bond donors (Lipinski definition) is 0. The first kappa shape index (κ1) is 16.1. The average molecular weight is 293 g/mol. The third-order valence-electron chi connectivity index (χ3n) is 4.08. The number of aryl methyl sites for hydroxylation is 1. The molecule has 0 saturated heterocycles. The maximum absolute atomic E-state index is 9.52. The zero-order chi connectivity index (χ0) is 15.8. The standard InChI is InChI=1S/C20H23NO/c1-3-17-10-12-19(13-11-17)22-15-7-14-20(2,16-21)18-8-5-4-6-9-18/h4-6,8-13H,3,7,14-15H2,1-2H3. The molecule has 2 aromatic rings. The molecule has 0 aromatic heterocycles. The van der Waals surface area contributed by atoms with Crippen molar-refractivity contribution >= 4 is 0 Å². The van der Waals surface area contributed by atoms with E-state index in [9.17, 15) is 5.26 Å². The fourth-order valence-electron chi connectivity index (χ4n) is 2.51. The summed E-state index contributed by atoms with van der Waals surface area (Å²) in [6.45, 7) is 4.77. The van der Waals surface area contributed by atoms with Crippen LogP contribution in [0.3, 0.4) is 0 Å². The summed E-state index contributed by atoms with van der Waals surface area (Å²) in [6.07, 6.45) is 2.69. The van der Waals surface area contributed by atoms with Crippen molar-refractivity contribution in [2.45, 2.75) is 38.5 Å². The molecule has 2 nitrogen and oxygen atoms in total. The first-order chi connectivity index (χ1) is 10.7. The van der Waals surface area contributed by atoms with Gasteiger partial charge in [-0.25, -0.2) is 0 Å². The van der Waals surface area contributed by atoms with Crippen molar-refractivity contribution < 1.29 is 4.74 Å². The Morgan fingerprint density at radius 3 is 2.32 bits per heavy atom. The van der Waals surface area contributed by atoms with Gasteiger partial charge in [0.15, 0.2) is 0 Å². The van der Waals surface area contributed by atoms with E-state index >= 15 is 0 Å². The lowest BCUT2D eigenvalue weighted by molar-refractivity contribution is 0.295. The molecule has 0 aliphatic rings. The van der Waals surface area contributed by atoms with Crippen LogP contribution >= 0.6 is 0 Å². The lowest BCUT2D eigenvalue weighted by Gasteiger charge is -2.22. The van der Waals surface area contributed by atoms with E-state index in [4.69, 9.17) is 4.74 Å².